The summed E-state index contributed by atoms with van der Waals surface area (Å²) in [6.07, 6.45) is 2.97. The molecule has 1 aliphatic heterocycles. The van der Waals surface area contributed by atoms with E-state index in [1.54, 1.807) is 23.5 Å². The van der Waals surface area contributed by atoms with Crippen molar-refractivity contribution < 1.29 is 14.3 Å². The number of thiazole rings is 1. The van der Waals surface area contributed by atoms with Crippen molar-refractivity contribution >= 4 is 17.3 Å². The Morgan fingerprint density at radius 2 is 2.22 bits per heavy atom. The molecule has 23 heavy (non-hydrogen) atoms. The zero-order valence-corrected chi connectivity index (χ0v) is 14.4. The van der Waals surface area contributed by atoms with E-state index in [-0.39, 0.29) is 12.1 Å². The van der Waals surface area contributed by atoms with Gasteiger partial charge in [0.2, 0.25) is 0 Å². The second kappa shape index (κ2) is 6.68. The number of carbonyl (C=O) groups excluding carboxylic acids is 1. The quantitative estimate of drug-likeness (QED) is 0.806. The van der Waals surface area contributed by atoms with Crippen LogP contribution in [0.4, 0.5) is 0 Å². The minimum atomic E-state index is -0.367. The summed E-state index contributed by atoms with van der Waals surface area (Å²) in [5.74, 6) is 0.324. The molecular weight excluding hydrogens is 312 g/mol. The number of rotatable bonds is 4. The molecule has 0 aliphatic carbocycles. The summed E-state index contributed by atoms with van der Waals surface area (Å²) >= 11 is 1.59. The van der Waals surface area contributed by atoms with Gasteiger partial charge in [-0.25, -0.2) is 9.78 Å². The first kappa shape index (κ1) is 16.0. The van der Waals surface area contributed by atoms with Crippen LogP contribution in [0.25, 0.3) is 10.6 Å². The van der Waals surface area contributed by atoms with Crippen LogP contribution in [0.1, 0.15) is 21.7 Å². The van der Waals surface area contributed by atoms with E-state index in [1.807, 2.05) is 19.2 Å². The molecule has 1 atom stereocenters. The van der Waals surface area contributed by atoms with Gasteiger partial charge in [-0.05, 0) is 38.6 Å². The van der Waals surface area contributed by atoms with Gasteiger partial charge < -0.3 is 14.4 Å². The Kier molecular flexibility index (Phi) is 4.63. The summed E-state index contributed by atoms with van der Waals surface area (Å²) in [6.45, 7) is 3.94. The molecule has 122 valence electrons. The lowest BCUT2D eigenvalue weighted by Gasteiger charge is -2.15. The molecule has 0 amide bonds. The number of hydrogen-bond acceptors (Lipinski definition) is 6. The molecule has 0 unspecified atom stereocenters. The van der Waals surface area contributed by atoms with Crippen molar-refractivity contribution in [3.05, 3.63) is 34.8 Å². The third kappa shape index (κ3) is 3.71. The highest BCUT2D eigenvalue weighted by Crippen LogP contribution is 2.30. The molecule has 1 aromatic heterocycles. The molecule has 0 N–H and O–H groups in total. The molecule has 1 aromatic carbocycles. The van der Waals surface area contributed by atoms with E-state index in [9.17, 15) is 4.79 Å². The summed E-state index contributed by atoms with van der Waals surface area (Å²) in [4.78, 5) is 19.7. The van der Waals surface area contributed by atoms with Gasteiger partial charge in [0.1, 0.15) is 16.9 Å². The van der Waals surface area contributed by atoms with E-state index in [1.165, 1.54) is 7.11 Å². The van der Waals surface area contributed by atoms with Gasteiger partial charge in [0.25, 0.3) is 0 Å². The Morgan fingerprint density at radius 1 is 1.39 bits per heavy atom. The highest BCUT2D eigenvalue weighted by atomic mass is 32.1. The highest BCUT2D eigenvalue weighted by Gasteiger charge is 2.22. The Hall–Kier alpha value is -1.92. The van der Waals surface area contributed by atoms with Gasteiger partial charge in [-0.1, -0.05) is 0 Å². The van der Waals surface area contributed by atoms with Crippen molar-refractivity contribution in [3.63, 3.8) is 0 Å². The van der Waals surface area contributed by atoms with Crippen molar-refractivity contribution in [1.82, 2.24) is 9.88 Å². The van der Waals surface area contributed by atoms with Crippen molar-refractivity contribution in [2.24, 2.45) is 0 Å². The van der Waals surface area contributed by atoms with Crippen molar-refractivity contribution in [2.45, 2.75) is 19.4 Å². The zero-order valence-electron chi connectivity index (χ0n) is 13.5. The van der Waals surface area contributed by atoms with Gasteiger partial charge >= 0.3 is 5.97 Å². The van der Waals surface area contributed by atoms with E-state index in [0.717, 1.165) is 35.0 Å². The lowest BCUT2D eigenvalue weighted by Crippen LogP contribution is -2.21. The summed E-state index contributed by atoms with van der Waals surface area (Å²) in [5.41, 5.74) is 1.37. The highest BCUT2D eigenvalue weighted by molar-refractivity contribution is 7.14. The molecule has 2 aromatic rings. The van der Waals surface area contributed by atoms with Gasteiger partial charge in [0.15, 0.2) is 0 Å². The summed E-state index contributed by atoms with van der Waals surface area (Å²) in [5, 5.41) is 0.877. The first-order valence-electron chi connectivity index (χ1n) is 7.56. The van der Waals surface area contributed by atoms with E-state index < -0.39 is 0 Å². The Balaban J connectivity index is 1.92. The maximum atomic E-state index is 11.9. The number of likely N-dealkylation sites (tertiary alicyclic amines) is 1. The predicted molar refractivity (Wildman–Crippen MR) is 90.2 cm³/mol. The molecule has 5 nitrogen and oxygen atoms in total. The second-order valence-corrected chi connectivity index (χ2v) is 7.04. The number of benzene rings is 1. The SMILES string of the molecule is COC(=O)c1cc(O[C@@H]2CCN(C)C2)cc(-c2ncc(C)s2)c1. The Bertz CT molecular complexity index is 714. The number of likely N-dealkylation sites (N-methyl/N-ethyl adjacent to an activating group) is 1. The zero-order chi connectivity index (χ0) is 16.4. The average molecular weight is 332 g/mol. The van der Waals surface area contributed by atoms with E-state index >= 15 is 0 Å². The van der Waals surface area contributed by atoms with Crippen molar-refractivity contribution in [2.75, 3.05) is 27.2 Å². The molecule has 0 spiro atoms. The van der Waals surface area contributed by atoms with Gasteiger partial charge in [0, 0.05) is 29.7 Å². The number of carbonyl (C=O) groups is 1. The summed E-state index contributed by atoms with van der Waals surface area (Å²) in [7, 11) is 3.47. The van der Waals surface area contributed by atoms with Gasteiger partial charge in [-0.3, -0.25) is 0 Å². The molecule has 1 saturated heterocycles. The molecule has 6 heteroatoms. The largest absolute Gasteiger partial charge is 0.489 e. The van der Waals surface area contributed by atoms with Gasteiger partial charge in [-0.15, -0.1) is 11.3 Å². The Labute approximate surface area is 139 Å². The maximum Gasteiger partial charge on any atom is 0.338 e. The lowest BCUT2D eigenvalue weighted by molar-refractivity contribution is 0.0600. The summed E-state index contributed by atoms with van der Waals surface area (Å²) < 4.78 is 10.9. The molecule has 0 bridgehead atoms. The monoisotopic (exact) mass is 332 g/mol. The fourth-order valence-corrected chi connectivity index (χ4v) is 3.45. The molecule has 1 fully saturated rings. The van der Waals surface area contributed by atoms with Crippen LogP contribution in [0.15, 0.2) is 24.4 Å². The van der Waals surface area contributed by atoms with Crippen LogP contribution in [0.5, 0.6) is 5.75 Å². The predicted octanol–water partition coefficient (Wildman–Crippen LogP) is 2.99. The third-order valence-electron chi connectivity index (χ3n) is 3.85. The van der Waals surface area contributed by atoms with E-state index in [2.05, 4.69) is 16.9 Å². The first-order chi connectivity index (χ1) is 11.0. The molecule has 0 radical (unpaired) electrons. The number of esters is 1. The minimum absolute atomic E-state index is 0.152. The van der Waals surface area contributed by atoms with Gasteiger partial charge in [-0.2, -0.15) is 0 Å². The molecule has 0 saturated carbocycles. The smallest absolute Gasteiger partial charge is 0.338 e. The first-order valence-corrected chi connectivity index (χ1v) is 8.38. The third-order valence-corrected chi connectivity index (χ3v) is 4.81. The topological polar surface area (TPSA) is 51.7 Å². The number of aromatic nitrogens is 1. The standard InChI is InChI=1S/C17H20N2O3S/c1-11-9-18-16(23-11)12-6-13(17(20)21-3)8-15(7-12)22-14-4-5-19(2)10-14/h6-9,14H,4-5,10H2,1-3H3/t14-/m1/s1. The fourth-order valence-electron chi connectivity index (χ4n) is 2.70. The number of hydrogen-bond donors (Lipinski definition) is 0. The van der Waals surface area contributed by atoms with Crippen molar-refractivity contribution in [3.8, 4) is 16.3 Å². The lowest BCUT2D eigenvalue weighted by atomic mass is 10.1. The molecule has 2 heterocycles. The maximum absolute atomic E-state index is 11.9. The van der Waals surface area contributed by atoms with Crippen LogP contribution in [0, 0.1) is 6.92 Å². The fraction of sp³-hybridized carbons (Fsp3) is 0.412. The number of aryl methyl sites for hydroxylation is 1. The Morgan fingerprint density at radius 3 is 2.83 bits per heavy atom. The van der Waals surface area contributed by atoms with E-state index in [0.29, 0.717) is 11.3 Å². The van der Waals surface area contributed by atoms with Crippen LogP contribution >= 0.6 is 11.3 Å². The van der Waals surface area contributed by atoms with E-state index in [4.69, 9.17) is 9.47 Å². The number of nitrogens with zero attached hydrogens (tertiary/aromatic N) is 2. The average Bonchev–Trinajstić information content (AvgIpc) is 3.14. The van der Waals surface area contributed by atoms with Gasteiger partial charge in [0.05, 0.1) is 12.7 Å². The minimum Gasteiger partial charge on any atom is -0.489 e. The van der Waals surface area contributed by atoms with Crippen LogP contribution in [-0.2, 0) is 4.74 Å². The van der Waals surface area contributed by atoms with Crippen LogP contribution in [-0.4, -0.2) is 49.2 Å². The van der Waals surface area contributed by atoms with Crippen LogP contribution in [0.2, 0.25) is 0 Å². The van der Waals surface area contributed by atoms with Crippen molar-refractivity contribution in [1.29, 1.82) is 0 Å². The molecular formula is C17H20N2O3S. The number of methoxy groups -OCH3 is 1. The summed E-state index contributed by atoms with van der Waals surface area (Å²) in [6, 6.07) is 5.49. The van der Waals surface area contributed by atoms with Crippen LogP contribution < -0.4 is 4.74 Å². The molecule has 1 aliphatic rings. The second-order valence-electron chi connectivity index (χ2n) is 5.80. The molecule has 3 rings (SSSR count). The normalized spacial score (nSPS) is 18.1. The number of ether oxygens (including phenoxy) is 2. The van der Waals surface area contributed by atoms with Crippen LogP contribution in [0.3, 0.4) is 0 Å².